The van der Waals surface area contributed by atoms with Crippen LogP contribution in [0.3, 0.4) is 0 Å². The van der Waals surface area contributed by atoms with Crippen LogP contribution in [0.5, 0.6) is 0 Å². The second kappa shape index (κ2) is 7.02. The SMILES string of the molecule is CNCCCNC(=O)c1cccc(S(=O)(=O)NC2CC2)c1. The van der Waals surface area contributed by atoms with E-state index in [0.717, 1.165) is 25.8 Å². The van der Waals surface area contributed by atoms with Crippen LogP contribution in [-0.4, -0.2) is 40.5 Å². The Balaban J connectivity index is 2.01. The van der Waals surface area contributed by atoms with Crippen molar-refractivity contribution < 1.29 is 13.2 Å². The highest BCUT2D eigenvalue weighted by Gasteiger charge is 2.28. The lowest BCUT2D eigenvalue weighted by atomic mass is 10.2. The fraction of sp³-hybridized carbons (Fsp3) is 0.500. The van der Waals surface area contributed by atoms with Crippen molar-refractivity contribution in [3.8, 4) is 0 Å². The normalized spacial score (nSPS) is 14.9. The highest BCUT2D eigenvalue weighted by molar-refractivity contribution is 7.89. The van der Waals surface area contributed by atoms with E-state index in [1.807, 2.05) is 7.05 Å². The van der Waals surface area contributed by atoms with E-state index >= 15 is 0 Å². The van der Waals surface area contributed by atoms with Gasteiger partial charge in [0.1, 0.15) is 0 Å². The van der Waals surface area contributed by atoms with Crippen LogP contribution in [0, 0.1) is 0 Å². The monoisotopic (exact) mass is 311 g/mol. The van der Waals surface area contributed by atoms with Gasteiger partial charge in [0.2, 0.25) is 10.0 Å². The van der Waals surface area contributed by atoms with Crippen LogP contribution in [0.2, 0.25) is 0 Å². The van der Waals surface area contributed by atoms with E-state index in [1.54, 1.807) is 12.1 Å². The van der Waals surface area contributed by atoms with Crippen molar-refractivity contribution in [3.05, 3.63) is 29.8 Å². The topological polar surface area (TPSA) is 87.3 Å². The zero-order valence-corrected chi connectivity index (χ0v) is 12.9. The van der Waals surface area contributed by atoms with Crippen molar-refractivity contribution in [1.82, 2.24) is 15.4 Å². The van der Waals surface area contributed by atoms with Crippen molar-refractivity contribution >= 4 is 15.9 Å². The molecule has 1 fully saturated rings. The van der Waals surface area contributed by atoms with Gasteiger partial charge in [-0.15, -0.1) is 0 Å². The molecule has 0 spiro atoms. The number of sulfonamides is 1. The van der Waals surface area contributed by atoms with Crippen LogP contribution in [-0.2, 0) is 10.0 Å². The molecule has 0 radical (unpaired) electrons. The molecule has 1 aliphatic carbocycles. The summed E-state index contributed by atoms with van der Waals surface area (Å²) in [5.41, 5.74) is 0.359. The first kappa shape index (κ1) is 15.9. The number of nitrogens with one attached hydrogen (secondary N) is 3. The second-order valence-corrected chi connectivity index (χ2v) is 6.85. The summed E-state index contributed by atoms with van der Waals surface area (Å²) in [5.74, 6) is -0.255. The van der Waals surface area contributed by atoms with Gasteiger partial charge in [-0.3, -0.25) is 4.79 Å². The molecule has 1 aromatic rings. The van der Waals surface area contributed by atoms with E-state index in [4.69, 9.17) is 0 Å². The van der Waals surface area contributed by atoms with E-state index in [-0.39, 0.29) is 16.8 Å². The van der Waals surface area contributed by atoms with Gasteiger partial charge in [-0.1, -0.05) is 6.07 Å². The molecule has 1 aliphatic rings. The summed E-state index contributed by atoms with van der Waals surface area (Å²) >= 11 is 0. The average molecular weight is 311 g/mol. The van der Waals surface area contributed by atoms with E-state index in [9.17, 15) is 13.2 Å². The first-order chi connectivity index (χ1) is 10.0. The van der Waals surface area contributed by atoms with E-state index in [0.29, 0.717) is 12.1 Å². The van der Waals surface area contributed by atoms with Gasteiger partial charge in [0, 0.05) is 18.2 Å². The minimum Gasteiger partial charge on any atom is -0.352 e. The molecule has 0 saturated heterocycles. The van der Waals surface area contributed by atoms with Crippen LogP contribution in [0.15, 0.2) is 29.2 Å². The summed E-state index contributed by atoms with van der Waals surface area (Å²) in [5, 5.41) is 5.77. The van der Waals surface area contributed by atoms with Gasteiger partial charge >= 0.3 is 0 Å². The van der Waals surface area contributed by atoms with E-state index in [1.165, 1.54) is 12.1 Å². The molecule has 6 nitrogen and oxygen atoms in total. The first-order valence-corrected chi connectivity index (χ1v) is 8.56. The van der Waals surface area contributed by atoms with Gasteiger partial charge in [0.25, 0.3) is 5.91 Å². The number of rotatable bonds is 8. The quantitative estimate of drug-likeness (QED) is 0.609. The summed E-state index contributed by atoms with van der Waals surface area (Å²) in [6, 6.07) is 6.17. The lowest BCUT2D eigenvalue weighted by Crippen LogP contribution is -2.28. The van der Waals surface area contributed by atoms with Crippen LogP contribution in [0.1, 0.15) is 29.6 Å². The predicted molar refractivity (Wildman–Crippen MR) is 80.7 cm³/mol. The van der Waals surface area contributed by atoms with Gasteiger partial charge in [-0.25, -0.2) is 13.1 Å². The van der Waals surface area contributed by atoms with Gasteiger partial charge in [0.05, 0.1) is 4.90 Å². The Morgan fingerprint density at radius 3 is 2.71 bits per heavy atom. The maximum Gasteiger partial charge on any atom is 0.251 e. The second-order valence-electron chi connectivity index (χ2n) is 5.14. The Bertz CT molecular complexity index is 597. The molecule has 1 aromatic carbocycles. The van der Waals surface area contributed by atoms with Gasteiger partial charge in [0.15, 0.2) is 0 Å². The molecule has 21 heavy (non-hydrogen) atoms. The molecule has 7 heteroatoms. The number of hydrogen-bond donors (Lipinski definition) is 3. The number of carbonyl (C=O) groups is 1. The molecular weight excluding hydrogens is 290 g/mol. The maximum absolute atomic E-state index is 12.1. The highest BCUT2D eigenvalue weighted by Crippen LogP contribution is 2.22. The summed E-state index contributed by atoms with van der Waals surface area (Å²) in [7, 11) is -1.67. The molecule has 0 aliphatic heterocycles. The third-order valence-corrected chi connectivity index (χ3v) is 4.71. The molecule has 0 bridgehead atoms. The Morgan fingerprint density at radius 2 is 2.05 bits per heavy atom. The molecule has 0 aromatic heterocycles. The zero-order valence-electron chi connectivity index (χ0n) is 12.1. The standard InChI is InChI=1S/C14H21N3O3S/c1-15-8-3-9-16-14(18)11-4-2-5-13(10-11)21(19,20)17-12-6-7-12/h2,4-5,10,12,15,17H,3,6-9H2,1H3,(H,16,18). The fourth-order valence-electron chi connectivity index (χ4n) is 1.86. The van der Waals surface area contributed by atoms with Crippen LogP contribution in [0.4, 0.5) is 0 Å². The molecule has 0 unspecified atom stereocenters. The van der Waals surface area contributed by atoms with Gasteiger partial charge in [-0.05, 0) is 51.1 Å². The first-order valence-electron chi connectivity index (χ1n) is 7.08. The summed E-state index contributed by atoms with van der Waals surface area (Å²) in [6.07, 6.45) is 2.58. The number of carbonyl (C=O) groups excluding carboxylic acids is 1. The van der Waals surface area contributed by atoms with Gasteiger partial charge in [-0.2, -0.15) is 0 Å². The fourth-order valence-corrected chi connectivity index (χ4v) is 3.21. The molecule has 1 amide bonds. The minimum absolute atomic E-state index is 0.0500. The molecule has 0 atom stereocenters. The lowest BCUT2D eigenvalue weighted by molar-refractivity contribution is 0.0953. The van der Waals surface area contributed by atoms with Crippen molar-refractivity contribution in [1.29, 1.82) is 0 Å². The van der Waals surface area contributed by atoms with Crippen LogP contribution in [0.25, 0.3) is 0 Å². The van der Waals surface area contributed by atoms with E-state index in [2.05, 4.69) is 15.4 Å². The Kier molecular flexibility index (Phi) is 5.33. The molecule has 3 N–H and O–H groups in total. The average Bonchev–Trinajstić information content (AvgIpc) is 3.27. The molecule has 2 rings (SSSR count). The number of hydrogen-bond acceptors (Lipinski definition) is 4. The minimum atomic E-state index is -3.52. The van der Waals surface area contributed by atoms with Crippen molar-refractivity contribution in [3.63, 3.8) is 0 Å². The Labute approximate surface area is 125 Å². The summed E-state index contributed by atoms with van der Waals surface area (Å²) in [6.45, 7) is 1.37. The molecule has 116 valence electrons. The van der Waals surface area contributed by atoms with Crippen molar-refractivity contribution in [2.45, 2.75) is 30.2 Å². The summed E-state index contributed by atoms with van der Waals surface area (Å²) in [4.78, 5) is 12.1. The largest absolute Gasteiger partial charge is 0.352 e. The predicted octanol–water partition coefficient (Wildman–Crippen LogP) is 0.467. The molecular formula is C14H21N3O3S. The van der Waals surface area contributed by atoms with Crippen LogP contribution < -0.4 is 15.4 Å². The van der Waals surface area contributed by atoms with E-state index < -0.39 is 10.0 Å². The molecule has 1 saturated carbocycles. The zero-order chi connectivity index (χ0) is 15.3. The molecule has 0 heterocycles. The number of benzene rings is 1. The van der Waals surface area contributed by atoms with Crippen molar-refractivity contribution in [2.24, 2.45) is 0 Å². The maximum atomic E-state index is 12.1. The Morgan fingerprint density at radius 1 is 1.29 bits per heavy atom. The Hall–Kier alpha value is -1.44. The van der Waals surface area contributed by atoms with Crippen molar-refractivity contribution in [2.75, 3.05) is 20.1 Å². The third kappa shape index (κ3) is 4.80. The highest BCUT2D eigenvalue weighted by atomic mass is 32.2. The summed E-state index contributed by atoms with van der Waals surface area (Å²) < 4.78 is 26.8. The van der Waals surface area contributed by atoms with Gasteiger partial charge < -0.3 is 10.6 Å². The smallest absolute Gasteiger partial charge is 0.251 e. The lowest BCUT2D eigenvalue weighted by Gasteiger charge is -2.08. The number of amides is 1. The third-order valence-electron chi connectivity index (χ3n) is 3.19. The van der Waals surface area contributed by atoms with Crippen LogP contribution >= 0.6 is 0 Å².